The van der Waals surface area contributed by atoms with Gasteiger partial charge in [-0.3, -0.25) is 0 Å². The van der Waals surface area contributed by atoms with E-state index in [0.29, 0.717) is 12.0 Å². The Bertz CT molecular complexity index is 326. The first-order valence-electron chi connectivity index (χ1n) is 6.28. The largest absolute Gasteiger partial charge is 0.486 e. The molecular weight excluding hydrogens is 280 g/mol. The van der Waals surface area contributed by atoms with Gasteiger partial charge in [-0.2, -0.15) is 0 Å². The topological polar surface area (TPSA) is 54.0 Å². The number of esters is 1. The van der Waals surface area contributed by atoms with Crippen molar-refractivity contribution >= 4 is 23.1 Å². The second kappa shape index (κ2) is 7.34. The van der Waals surface area contributed by atoms with Gasteiger partial charge in [0.25, 0.3) is 0 Å². The Balaban J connectivity index is 4.92. The van der Waals surface area contributed by atoms with Gasteiger partial charge in [-0.15, -0.1) is 0 Å². The monoisotopic (exact) mass is 306 g/mol. The van der Waals surface area contributed by atoms with Crippen LogP contribution in [0.5, 0.6) is 0 Å². The fourth-order valence-corrected chi connectivity index (χ4v) is 8.21. The Morgan fingerprint density at radius 3 is 2.00 bits per heavy atom. The molecule has 0 bridgehead atoms. The summed E-state index contributed by atoms with van der Waals surface area (Å²) in [5.74, 6) is -0.380. The maximum atomic E-state index is 11.7. The molecule has 0 spiro atoms. The second-order valence-corrected chi connectivity index (χ2v) is 12.3. The summed E-state index contributed by atoms with van der Waals surface area (Å²) >= 11 is 0. The molecule has 112 valence electrons. The zero-order chi connectivity index (χ0) is 15.3. The van der Waals surface area contributed by atoms with Gasteiger partial charge in [0.05, 0.1) is 0 Å². The third-order valence-corrected chi connectivity index (χ3v) is 10.1. The maximum absolute atomic E-state index is 11.7. The van der Waals surface area contributed by atoms with Crippen molar-refractivity contribution in [2.24, 2.45) is 0 Å². The fourth-order valence-electron chi connectivity index (χ4n) is 1.66. The minimum absolute atomic E-state index is 0.256. The van der Waals surface area contributed by atoms with Crippen LogP contribution in [0.25, 0.3) is 0 Å². The standard InChI is InChI=1S/C12H26O5Si2/c1-9-11(16-12(13)10(2)3)18(6,7)17-19(8,14-4)15-5/h11H,2,9H2,1,3-8H3. The van der Waals surface area contributed by atoms with Crippen molar-refractivity contribution in [2.75, 3.05) is 14.2 Å². The molecule has 0 radical (unpaired) electrons. The Labute approximate surface area is 118 Å². The molecule has 0 amide bonds. The zero-order valence-electron chi connectivity index (χ0n) is 13.0. The molecule has 0 rings (SSSR count). The summed E-state index contributed by atoms with van der Waals surface area (Å²) in [6, 6.07) is 0. The van der Waals surface area contributed by atoms with E-state index in [1.807, 2.05) is 26.6 Å². The molecule has 1 atom stereocenters. The first kappa shape index (κ1) is 18.5. The smallest absolute Gasteiger partial charge is 0.460 e. The lowest BCUT2D eigenvalue weighted by molar-refractivity contribution is -0.141. The molecule has 19 heavy (non-hydrogen) atoms. The van der Waals surface area contributed by atoms with Crippen molar-refractivity contribution in [3.05, 3.63) is 12.2 Å². The summed E-state index contributed by atoms with van der Waals surface area (Å²) in [6.45, 7) is 13.0. The van der Waals surface area contributed by atoms with Crippen molar-refractivity contribution in [3.63, 3.8) is 0 Å². The molecule has 0 N–H and O–H groups in total. The quantitative estimate of drug-likeness (QED) is 0.392. The number of carbonyl (C=O) groups excluding carboxylic acids is 1. The molecule has 0 aliphatic rings. The van der Waals surface area contributed by atoms with E-state index in [1.54, 1.807) is 21.1 Å². The van der Waals surface area contributed by atoms with E-state index in [4.69, 9.17) is 17.7 Å². The van der Waals surface area contributed by atoms with Crippen molar-refractivity contribution in [3.8, 4) is 0 Å². The summed E-state index contributed by atoms with van der Waals surface area (Å²) in [6.07, 6.45) is 0.691. The van der Waals surface area contributed by atoms with E-state index in [1.165, 1.54) is 0 Å². The minimum atomic E-state index is -2.64. The normalized spacial score (nSPS) is 14.1. The maximum Gasteiger partial charge on any atom is 0.486 e. The van der Waals surface area contributed by atoms with Crippen molar-refractivity contribution in [1.82, 2.24) is 0 Å². The van der Waals surface area contributed by atoms with Gasteiger partial charge < -0.3 is 17.7 Å². The molecular formula is C12H26O5Si2. The van der Waals surface area contributed by atoms with Crippen LogP contribution in [0.2, 0.25) is 19.6 Å². The number of ether oxygens (including phenoxy) is 1. The van der Waals surface area contributed by atoms with E-state index in [9.17, 15) is 4.79 Å². The molecule has 0 aromatic rings. The van der Waals surface area contributed by atoms with Crippen LogP contribution in [-0.2, 0) is 22.5 Å². The Morgan fingerprint density at radius 2 is 1.68 bits per heavy atom. The van der Waals surface area contributed by atoms with Gasteiger partial charge in [-0.05, 0) is 26.4 Å². The van der Waals surface area contributed by atoms with Crippen molar-refractivity contribution in [2.45, 2.75) is 45.6 Å². The van der Waals surface area contributed by atoms with Gasteiger partial charge in [-0.1, -0.05) is 13.5 Å². The Kier molecular flexibility index (Phi) is 7.16. The van der Waals surface area contributed by atoms with Gasteiger partial charge in [0.15, 0.2) is 0 Å². The first-order chi connectivity index (χ1) is 8.61. The van der Waals surface area contributed by atoms with Gasteiger partial charge in [-0.25, -0.2) is 4.79 Å². The predicted octanol–water partition coefficient (Wildman–Crippen LogP) is 2.51. The molecule has 0 aliphatic carbocycles. The van der Waals surface area contributed by atoms with Crippen LogP contribution in [0.3, 0.4) is 0 Å². The summed E-state index contributed by atoms with van der Waals surface area (Å²) in [5.41, 5.74) is 0.135. The van der Waals surface area contributed by atoms with E-state index >= 15 is 0 Å². The van der Waals surface area contributed by atoms with Gasteiger partial charge in [0, 0.05) is 26.3 Å². The summed E-state index contributed by atoms with van der Waals surface area (Å²) in [5, 5.41) is 0. The predicted molar refractivity (Wildman–Crippen MR) is 79.2 cm³/mol. The number of carbonyl (C=O) groups is 1. The van der Waals surface area contributed by atoms with Crippen LogP contribution in [-0.4, -0.2) is 43.0 Å². The number of rotatable bonds is 8. The molecule has 0 aromatic heterocycles. The molecule has 7 heteroatoms. The molecule has 5 nitrogen and oxygen atoms in total. The molecule has 0 heterocycles. The van der Waals surface area contributed by atoms with Crippen LogP contribution < -0.4 is 0 Å². The van der Waals surface area contributed by atoms with Crippen molar-refractivity contribution < 1.29 is 22.5 Å². The first-order valence-corrected chi connectivity index (χ1v) is 11.5. The lowest BCUT2D eigenvalue weighted by Gasteiger charge is -2.36. The fraction of sp³-hybridized carbons (Fsp3) is 0.750. The number of hydrogen-bond acceptors (Lipinski definition) is 5. The average molecular weight is 307 g/mol. The van der Waals surface area contributed by atoms with Gasteiger partial charge in [0.2, 0.25) is 8.32 Å². The zero-order valence-corrected chi connectivity index (χ0v) is 15.0. The highest BCUT2D eigenvalue weighted by Gasteiger charge is 2.45. The molecule has 0 saturated carbocycles. The highest BCUT2D eigenvalue weighted by molar-refractivity contribution is 6.81. The van der Waals surface area contributed by atoms with Crippen LogP contribution in [0.1, 0.15) is 20.3 Å². The molecule has 0 aliphatic heterocycles. The number of hydrogen-bond donors (Lipinski definition) is 0. The van der Waals surface area contributed by atoms with E-state index in [-0.39, 0.29) is 11.7 Å². The SMILES string of the molecule is C=C(C)C(=O)OC(CC)[Si](C)(C)O[Si](C)(OC)OC. The lowest BCUT2D eigenvalue weighted by atomic mass is 10.4. The highest BCUT2D eigenvalue weighted by Crippen LogP contribution is 2.23. The molecule has 0 aromatic carbocycles. The molecule has 0 fully saturated rings. The third kappa shape index (κ3) is 5.57. The Morgan fingerprint density at radius 1 is 1.21 bits per heavy atom. The van der Waals surface area contributed by atoms with Gasteiger partial charge in [0.1, 0.15) is 5.73 Å². The van der Waals surface area contributed by atoms with E-state index in [0.717, 1.165) is 0 Å². The van der Waals surface area contributed by atoms with Crippen LogP contribution >= 0.6 is 0 Å². The average Bonchev–Trinajstić information content (AvgIpc) is 2.34. The second-order valence-electron chi connectivity index (χ2n) is 5.06. The lowest BCUT2D eigenvalue weighted by Crippen LogP contribution is -2.56. The Hall–Kier alpha value is -0.476. The minimum Gasteiger partial charge on any atom is -0.460 e. The molecule has 1 unspecified atom stereocenters. The van der Waals surface area contributed by atoms with E-state index in [2.05, 4.69) is 6.58 Å². The van der Waals surface area contributed by atoms with E-state index < -0.39 is 17.1 Å². The van der Waals surface area contributed by atoms with Crippen LogP contribution in [0, 0.1) is 0 Å². The highest BCUT2D eigenvalue weighted by atomic mass is 28.5. The third-order valence-electron chi connectivity index (χ3n) is 2.93. The summed E-state index contributed by atoms with van der Waals surface area (Å²) in [4.78, 5) is 11.7. The van der Waals surface area contributed by atoms with Crippen LogP contribution in [0.4, 0.5) is 0 Å². The van der Waals surface area contributed by atoms with Crippen molar-refractivity contribution in [1.29, 1.82) is 0 Å². The summed E-state index contributed by atoms with van der Waals surface area (Å²) in [7, 11) is -1.79. The molecule has 0 saturated heterocycles. The van der Waals surface area contributed by atoms with Crippen LogP contribution in [0.15, 0.2) is 12.2 Å². The van der Waals surface area contributed by atoms with Gasteiger partial charge >= 0.3 is 14.8 Å². The summed E-state index contributed by atoms with van der Waals surface area (Å²) < 4.78 is 22.2.